The monoisotopic (exact) mass is 469 g/mol. The van der Waals surface area contributed by atoms with E-state index in [1.807, 2.05) is 6.92 Å². The number of amides is 2. The number of nitrogens with zero attached hydrogens (tertiary/aromatic N) is 3. The summed E-state index contributed by atoms with van der Waals surface area (Å²) in [6.45, 7) is 4.36. The van der Waals surface area contributed by atoms with E-state index in [0.29, 0.717) is 18.7 Å². The average molecular weight is 470 g/mol. The largest absolute Gasteiger partial charge is 0.472 e. The van der Waals surface area contributed by atoms with Gasteiger partial charge in [-0.05, 0) is 43.5 Å². The van der Waals surface area contributed by atoms with Crippen molar-refractivity contribution in [2.75, 3.05) is 26.7 Å². The first kappa shape index (κ1) is 24.1. The van der Waals surface area contributed by atoms with Gasteiger partial charge in [0.1, 0.15) is 17.5 Å². The number of rotatable bonds is 6. The van der Waals surface area contributed by atoms with Crippen molar-refractivity contribution in [2.24, 2.45) is 11.8 Å². The number of aromatic nitrogens is 1. The Bertz CT molecular complexity index is 1040. The van der Waals surface area contributed by atoms with Gasteiger partial charge in [-0.15, -0.1) is 0 Å². The lowest BCUT2D eigenvalue weighted by Crippen LogP contribution is -2.51. The third-order valence-corrected chi connectivity index (χ3v) is 6.98. The van der Waals surface area contributed by atoms with Gasteiger partial charge >= 0.3 is 0 Å². The Morgan fingerprint density at radius 1 is 1.29 bits per heavy atom. The fraction of sp³-hybridized carbons (Fsp3) is 0.500. The first-order valence-corrected chi connectivity index (χ1v) is 11.9. The Morgan fingerprint density at radius 3 is 2.62 bits per heavy atom. The molecule has 2 aromatic rings. The number of pyridine rings is 1. The molecule has 0 bridgehead atoms. The molecule has 0 spiro atoms. The second-order valence-corrected chi connectivity index (χ2v) is 9.55. The van der Waals surface area contributed by atoms with E-state index in [1.54, 1.807) is 48.2 Å². The Labute approximate surface area is 199 Å². The summed E-state index contributed by atoms with van der Waals surface area (Å²) >= 11 is 0. The number of aliphatic hydroxyl groups is 1. The number of aliphatic hydroxyl groups excluding tert-OH is 1. The third-order valence-electron chi connectivity index (χ3n) is 6.98. The van der Waals surface area contributed by atoms with Crippen LogP contribution in [0.3, 0.4) is 0 Å². The zero-order valence-corrected chi connectivity index (χ0v) is 19.9. The molecule has 0 unspecified atom stereocenters. The van der Waals surface area contributed by atoms with Crippen LogP contribution >= 0.6 is 0 Å². The van der Waals surface area contributed by atoms with Crippen molar-refractivity contribution in [2.45, 2.75) is 45.3 Å². The highest BCUT2D eigenvalue weighted by Gasteiger charge is 2.36. The summed E-state index contributed by atoms with van der Waals surface area (Å²) in [6, 6.07) is 7.28. The molecule has 182 valence electrons. The molecule has 4 rings (SSSR count). The van der Waals surface area contributed by atoms with Crippen molar-refractivity contribution in [1.29, 1.82) is 0 Å². The maximum atomic E-state index is 13.5. The summed E-state index contributed by atoms with van der Waals surface area (Å²) in [5, 5.41) is 9.81. The highest BCUT2D eigenvalue weighted by molar-refractivity contribution is 5.98. The van der Waals surface area contributed by atoms with Crippen LogP contribution in [0.2, 0.25) is 0 Å². The van der Waals surface area contributed by atoms with Crippen molar-refractivity contribution in [3.05, 3.63) is 47.9 Å². The van der Waals surface area contributed by atoms with Crippen LogP contribution in [0.4, 0.5) is 4.39 Å². The molecule has 0 saturated heterocycles. The zero-order valence-electron chi connectivity index (χ0n) is 19.9. The van der Waals surface area contributed by atoms with Crippen molar-refractivity contribution < 1.29 is 23.8 Å². The van der Waals surface area contributed by atoms with Crippen LogP contribution in [0.5, 0.6) is 5.88 Å². The lowest BCUT2D eigenvalue weighted by Gasteiger charge is -2.38. The molecule has 2 aliphatic rings. The number of likely N-dealkylation sites (N-methyl/N-ethyl adjacent to an activating group) is 1. The minimum atomic E-state index is -0.398. The molecular weight excluding hydrogens is 437 g/mol. The number of hydrogen-bond acceptors (Lipinski definition) is 5. The van der Waals surface area contributed by atoms with E-state index in [-0.39, 0.29) is 53.6 Å². The SMILES string of the molecule is C[C@H](CO)N1C[C@H](C)[C@H](CN(C)C(=O)C2CCC2)Oc2ncc(-c3ccc(F)cc3)cc2C1=O. The topological polar surface area (TPSA) is 83.0 Å². The quantitative estimate of drug-likeness (QED) is 0.702. The highest BCUT2D eigenvalue weighted by atomic mass is 19.1. The van der Waals surface area contributed by atoms with E-state index in [9.17, 15) is 19.1 Å². The first-order valence-electron chi connectivity index (χ1n) is 11.9. The molecule has 1 aliphatic carbocycles. The molecule has 1 saturated carbocycles. The molecule has 8 heteroatoms. The van der Waals surface area contributed by atoms with Gasteiger partial charge in [0, 0.05) is 37.2 Å². The molecule has 1 aromatic heterocycles. The Hall–Kier alpha value is -3.00. The molecule has 1 N–H and O–H groups in total. The smallest absolute Gasteiger partial charge is 0.259 e. The fourth-order valence-electron chi connectivity index (χ4n) is 4.45. The standard InChI is InChI=1S/C26H32FN3O4/c1-16-13-30(17(2)15-31)26(33)22-11-20(18-7-9-21(27)10-8-18)12-28-24(22)34-23(16)14-29(3)25(32)19-5-4-6-19/h7-12,16-17,19,23,31H,4-6,13-15H2,1-3H3/t16-,17+,23-/m0/s1. The van der Waals surface area contributed by atoms with Crippen LogP contribution in [0, 0.1) is 17.7 Å². The fourth-order valence-corrected chi connectivity index (χ4v) is 4.45. The first-order chi connectivity index (χ1) is 16.3. The van der Waals surface area contributed by atoms with Gasteiger partial charge < -0.3 is 19.6 Å². The van der Waals surface area contributed by atoms with Gasteiger partial charge in [0.15, 0.2) is 0 Å². The normalized spacial score (nSPS) is 21.6. The minimum absolute atomic E-state index is 0.0880. The van der Waals surface area contributed by atoms with Crippen LogP contribution in [0.25, 0.3) is 11.1 Å². The number of benzene rings is 1. The van der Waals surface area contributed by atoms with Gasteiger partial charge in [-0.1, -0.05) is 25.5 Å². The van der Waals surface area contributed by atoms with Crippen LogP contribution in [-0.4, -0.2) is 70.6 Å². The van der Waals surface area contributed by atoms with Gasteiger partial charge in [0.05, 0.1) is 19.2 Å². The van der Waals surface area contributed by atoms with Crippen LogP contribution in [-0.2, 0) is 4.79 Å². The van der Waals surface area contributed by atoms with Gasteiger partial charge in [-0.25, -0.2) is 9.37 Å². The van der Waals surface area contributed by atoms with Gasteiger partial charge in [-0.3, -0.25) is 9.59 Å². The summed E-state index contributed by atoms with van der Waals surface area (Å²) in [7, 11) is 1.79. The second-order valence-electron chi connectivity index (χ2n) is 9.55. The molecule has 1 aromatic carbocycles. The molecular formula is C26H32FN3O4. The van der Waals surface area contributed by atoms with Gasteiger partial charge in [0.2, 0.25) is 11.8 Å². The maximum Gasteiger partial charge on any atom is 0.259 e. The molecule has 7 nitrogen and oxygen atoms in total. The van der Waals surface area contributed by atoms with Gasteiger partial charge in [-0.2, -0.15) is 0 Å². The third kappa shape index (κ3) is 4.92. The molecule has 0 radical (unpaired) electrons. The number of ether oxygens (including phenoxy) is 1. The van der Waals surface area contributed by atoms with Crippen molar-refractivity contribution >= 4 is 11.8 Å². The summed E-state index contributed by atoms with van der Waals surface area (Å²) in [5.41, 5.74) is 1.67. The Morgan fingerprint density at radius 2 is 2.00 bits per heavy atom. The molecule has 1 fully saturated rings. The summed E-state index contributed by atoms with van der Waals surface area (Å²) in [6.07, 6.45) is 4.17. The van der Waals surface area contributed by atoms with E-state index in [2.05, 4.69) is 4.98 Å². The minimum Gasteiger partial charge on any atom is -0.472 e. The van der Waals surface area contributed by atoms with E-state index in [4.69, 9.17) is 4.74 Å². The summed E-state index contributed by atoms with van der Waals surface area (Å²) in [4.78, 5) is 34.1. The van der Waals surface area contributed by atoms with E-state index >= 15 is 0 Å². The average Bonchev–Trinajstić information content (AvgIpc) is 2.79. The van der Waals surface area contributed by atoms with Crippen molar-refractivity contribution in [3.63, 3.8) is 0 Å². The summed E-state index contributed by atoms with van der Waals surface area (Å²) in [5.74, 6) is -0.307. The molecule has 2 amide bonds. The van der Waals surface area contributed by atoms with E-state index < -0.39 is 6.04 Å². The number of carbonyl (C=O) groups excluding carboxylic acids is 2. The van der Waals surface area contributed by atoms with Gasteiger partial charge in [0.25, 0.3) is 5.91 Å². The Balaban J connectivity index is 1.67. The highest BCUT2D eigenvalue weighted by Crippen LogP contribution is 2.31. The Kier molecular flexibility index (Phi) is 7.16. The zero-order chi connectivity index (χ0) is 24.4. The number of carbonyl (C=O) groups is 2. The van der Waals surface area contributed by atoms with Crippen LogP contribution in [0.1, 0.15) is 43.5 Å². The lowest BCUT2D eigenvalue weighted by molar-refractivity contribution is -0.138. The van der Waals surface area contributed by atoms with E-state index in [1.165, 1.54) is 12.1 Å². The second kappa shape index (κ2) is 10.1. The number of halogens is 1. The number of fused-ring (bicyclic) bond motifs is 1. The molecule has 34 heavy (non-hydrogen) atoms. The molecule has 1 aliphatic heterocycles. The van der Waals surface area contributed by atoms with Crippen LogP contribution < -0.4 is 4.74 Å². The predicted molar refractivity (Wildman–Crippen MR) is 126 cm³/mol. The predicted octanol–water partition coefficient (Wildman–Crippen LogP) is 3.37. The summed E-state index contributed by atoms with van der Waals surface area (Å²) < 4.78 is 19.7. The van der Waals surface area contributed by atoms with Crippen molar-refractivity contribution in [3.8, 4) is 17.0 Å². The lowest BCUT2D eigenvalue weighted by atomic mass is 9.84. The molecule has 2 heterocycles. The van der Waals surface area contributed by atoms with Crippen molar-refractivity contribution in [1.82, 2.24) is 14.8 Å². The van der Waals surface area contributed by atoms with Crippen LogP contribution in [0.15, 0.2) is 36.5 Å². The number of hydrogen-bond donors (Lipinski definition) is 1. The van der Waals surface area contributed by atoms with E-state index in [0.717, 1.165) is 24.8 Å². The maximum absolute atomic E-state index is 13.5. The molecule has 3 atom stereocenters.